The zero-order chi connectivity index (χ0) is 17.6. The predicted octanol–water partition coefficient (Wildman–Crippen LogP) is 2.13. The van der Waals surface area contributed by atoms with Crippen LogP contribution in [0.15, 0.2) is 52.2 Å². The third-order valence-electron chi connectivity index (χ3n) is 3.42. The highest BCUT2D eigenvalue weighted by Crippen LogP contribution is 2.21. The molecule has 0 unspecified atom stereocenters. The van der Waals surface area contributed by atoms with E-state index in [4.69, 9.17) is 9.15 Å². The standard InChI is InChI=1S/C17H17N3O4S/c1-12-4-6-13(7-5-12)24-10-15(21)18-19-17-20(16(22)11-25-17)9-14-3-2-8-23-14/h2-8H,9-11H2,1H3,(H,18,21)/b19-17+. The molecule has 1 N–H and O–H groups in total. The van der Waals surface area contributed by atoms with Crippen LogP contribution in [0.1, 0.15) is 11.3 Å². The number of nitrogens with one attached hydrogen (secondary N) is 1. The normalized spacial score (nSPS) is 15.6. The molecule has 0 saturated carbocycles. The number of thioether (sulfide) groups is 1. The Labute approximate surface area is 149 Å². The summed E-state index contributed by atoms with van der Waals surface area (Å²) in [5.41, 5.74) is 3.53. The van der Waals surface area contributed by atoms with Crippen LogP contribution in [0.2, 0.25) is 0 Å². The van der Waals surface area contributed by atoms with Crippen molar-refractivity contribution in [2.24, 2.45) is 5.10 Å². The maximum absolute atomic E-state index is 11.9. The molecule has 1 aliphatic heterocycles. The fourth-order valence-corrected chi connectivity index (χ4v) is 2.96. The van der Waals surface area contributed by atoms with Crippen molar-refractivity contribution in [3.63, 3.8) is 0 Å². The number of aryl methyl sites for hydroxylation is 1. The second-order valence-corrected chi connectivity index (χ2v) is 6.32. The Kier molecular flexibility index (Phi) is 5.39. The van der Waals surface area contributed by atoms with Crippen molar-refractivity contribution in [2.45, 2.75) is 13.5 Å². The molecular weight excluding hydrogens is 342 g/mol. The van der Waals surface area contributed by atoms with Crippen molar-refractivity contribution >= 4 is 28.7 Å². The molecule has 130 valence electrons. The molecule has 7 nitrogen and oxygen atoms in total. The van der Waals surface area contributed by atoms with E-state index >= 15 is 0 Å². The zero-order valence-electron chi connectivity index (χ0n) is 13.6. The van der Waals surface area contributed by atoms with Crippen LogP contribution >= 0.6 is 11.8 Å². The van der Waals surface area contributed by atoms with Crippen molar-refractivity contribution in [1.29, 1.82) is 0 Å². The molecule has 8 heteroatoms. The molecule has 1 aliphatic rings. The number of hydrogen-bond acceptors (Lipinski definition) is 6. The molecule has 0 bridgehead atoms. The Morgan fingerprint density at radius 1 is 1.36 bits per heavy atom. The van der Waals surface area contributed by atoms with Crippen molar-refractivity contribution in [3.05, 3.63) is 54.0 Å². The first-order valence-electron chi connectivity index (χ1n) is 7.63. The first kappa shape index (κ1) is 17.1. The molecule has 0 spiro atoms. The summed E-state index contributed by atoms with van der Waals surface area (Å²) in [6.07, 6.45) is 1.55. The SMILES string of the molecule is Cc1ccc(OCC(=O)N/N=C2/SCC(=O)N2Cc2ccco2)cc1. The van der Waals surface area contributed by atoms with Gasteiger partial charge in [0.1, 0.15) is 11.5 Å². The third kappa shape index (κ3) is 4.63. The third-order valence-corrected chi connectivity index (χ3v) is 4.38. The second-order valence-electron chi connectivity index (χ2n) is 5.38. The van der Waals surface area contributed by atoms with Gasteiger partial charge in [0.25, 0.3) is 5.91 Å². The number of rotatable bonds is 6. The van der Waals surface area contributed by atoms with E-state index in [0.29, 0.717) is 16.7 Å². The van der Waals surface area contributed by atoms with Crippen LogP contribution in [-0.2, 0) is 16.1 Å². The van der Waals surface area contributed by atoms with Gasteiger partial charge < -0.3 is 9.15 Å². The number of hydrazone groups is 1. The van der Waals surface area contributed by atoms with Crippen LogP contribution in [0.5, 0.6) is 5.75 Å². The van der Waals surface area contributed by atoms with E-state index in [9.17, 15) is 9.59 Å². The van der Waals surface area contributed by atoms with E-state index in [2.05, 4.69) is 10.5 Å². The van der Waals surface area contributed by atoms with Gasteiger partial charge in [-0.3, -0.25) is 14.5 Å². The van der Waals surface area contributed by atoms with Gasteiger partial charge >= 0.3 is 0 Å². The van der Waals surface area contributed by atoms with Crippen LogP contribution in [-0.4, -0.2) is 34.2 Å². The lowest BCUT2D eigenvalue weighted by atomic mass is 10.2. The largest absolute Gasteiger partial charge is 0.484 e. The number of carbonyl (C=O) groups excluding carboxylic acids is 2. The van der Waals surface area contributed by atoms with Crippen LogP contribution < -0.4 is 10.2 Å². The molecule has 0 radical (unpaired) electrons. The summed E-state index contributed by atoms with van der Waals surface area (Å²) in [6, 6.07) is 10.9. The number of hydrogen-bond donors (Lipinski definition) is 1. The van der Waals surface area contributed by atoms with Gasteiger partial charge in [0.15, 0.2) is 11.8 Å². The second kappa shape index (κ2) is 7.89. The summed E-state index contributed by atoms with van der Waals surface area (Å²) < 4.78 is 10.6. The Bertz CT molecular complexity index is 772. The highest BCUT2D eigenvalue weighted by molar-refractivity contribution is 8.15. The number of furan rings is 1. The van der Waals surface area contributed by atoms with Crippen molar-refractivity contribution in [3.8, 4) is 5.75 Å². The van der Waals surface area contributed by atoms with Gasteiger partial charge in [-0.2, -0.15) is 0 Å². The molecule has 1 saturated heterocycles. The quantitative estimate of drug-likeness (QED) is 0.799. The summed E-state index contributed by atoms with van der Waals surface area (Å²) in [5.74, 6) is 1.07. The predicted molar refractivity (Wildman–Crippen MR) is 94.0 cm³/mol. The molecule has 1 aromatic heterocycles. The smallest absolute Gasteiger partial charge is 0.278 e. The van der Waals surface area contributed by atoms with Crippen LogP contribution in [0.25, 0.3) is 0 Å². The molecule has 2 amide bonds. The lowest BCUT2D eigenvalue weighted by molar-refractivity contribution is -0.125. The molecule has 3 rings (SSSR count). The van der Waals surface area contributed by atoms with Crippen LogP contribution in [0, 0.1) is 6.92 Å². The number of amidine groups is 1. The monoisotopic (exact) mass is 359 g/mol. The van der Waals surface area contributed by atoms with Gasteiger partial charge in [-0.25, -0.2) is 5.43 Å². The number of ether oxygens (including phenoxy) is 1. The van der Waals surface area contributed by atoms with Gasteiger partial charge in [-0.1, -0.05) is 29.5 Å². The van der Waals surface area contributed by atoms with Gasteiger partial charge in [0, 0.05) is 0 Å². The summed E-state index contributed by atoms with van der Waals surface area (Å²) in [6.45, 7) is 2.10. The number of carbonyl (C=O) groups is 2. The Hall–Kier alpha value is -2.74. The fourth-order valence-electron chi connectivity index (χ4n) is 2.12. The minimum atomic E-state index is -0.397. The average molecular weight is 359 g/mol. The van der Waals surface area contributed by atoms with Crippen LogP contribution in [0.4, 0.5) is 0 Å². The zero-order valence-corrected chi connectivity index (χ0v) is 14.4. The van der Waals surface area contributed by atoms with Crippen molar-refractivity contribution in [1.82, 2.24) is 10.3 Å². The van der Waals surface area contributed by atoms with E-state index in [1.54, 1.807) is 30.5 Å². The van der Waals surface area contributed by atoms with Gasteiger partial charge in [0.05, 0.1) is 18.6 Å². The first-order chi connectivity index (χ1) is 12.1. The summed E-state index contributed by atoms with van der Waals surface area (Å²) >= 11 is 1.27. The Morgan fingerprint density at radius 2 is 2.16 bits per heavy atom. The van der Waals surface area contributed by atoms with Gasteiger partial charge in [-0.05, 0) is 31.2 Å². The molecule has 1 fully saturated rings. The maximum Gasteiger partial charge on any atom is 0.278 e. The van der Waals surface area contributed by atoms with E-state index in [1.807, 2.05) is 19.1 Å². The Morgan fingerprint density at radius 3 is 2.88 bits per heavy atom. The highest BCUT2D eigenvalue weighted by atomic mass is 32.2. The Balaban J connectivity index is 1.53. The van der Waals surface area contributed by atoms with E-state index in [-0.39, 0.29) is 24.8 Å². The van der Waals surface area contributed by atoms with Crippen molar-refractivity contribution in [2.75, 3.05) is 12.4 Å². The minimum absolute atomic E-state index is 0.0784. The molecule has 2 aromatic rings. The lowest BCUT2D eigenvalue weighted by Crippen LogP contribution is -2.32. The summed E-state index contributed by atoms with van der Waals surface area (Å²) in [7, 11) is 0. The number of benzene rings is 1. The molecule has 25 heavy (non-hydrogen) atoms. The fraction of sp³-hybridized carbons (Fsp3) is 0.235. The summed E-state index contributed by atoms with van der Waals surface area (Å²) in [4.78, 5) is 25.3. The van der Waals surface area contributed by atoms with E-state index < -0.39 is 5.91 Å². The van der Waals surface area contributed by atoms with Gasteiger partial charge in [-0.15, -0.1) is 5.10 Å². The maximum atomic E-state index is 11.9. The van der Waals surface area contributed by atoms with Crippen LogP contribution in [0.3, 0.4) is 0 Å². The minimum Gasteiger partial charge on any atom is -0.484 e. The van der Waals surface area contributed by atoms with Gasteiger partial charge in [0.2, 0.25) is 5.91 Å². The summed E-state index contributed by atoms with van der Waals surface area (Å²) in [5, 5.41) is 4.46. The number of nitrogens with zero attached hydrogens (tertiary/aromatic N) is 2. The average Bonchev–Trinajstić information content (AvgIpc) is 3.24. The van der Waals surface area contributed by atoms with E-state index in [1.165, 1.54) is 16.7 Å². The topological polar surface area (TPSA) is 84.1 Å². The first-order valence-corrected chi connectivity index (χ1v) is 8.62. The molecule has 0 atom stereocenters. The highest BCUT2D eigenvalue weighted by Gasteiger charge is 2.29. The molecule has 1 aromatic carbocycles. The van der Waals surface area contributed by atoms with Crippen molar-refractivity contribution < 1.29 is 18.7 Å². The molecular formula is C17H17N3O4S. The molecule has 2 heterocycles. The lowest BCUT2D eigenvalue weighted by Gasteiger charge is -2.14. The molecule has 0 aliphatic carbocycles. The number of amides is 2. The van der Waals surface area contributed by atoms with E-state index in [0.717, 1.165) is 5.56 Å².